The van der Waals surface area contributed by atoms with Gasteiger partial charge in [0.25, 0.3) is 0 Å². The molecule has 0 spiro atoms. The van der Waals surface area contributed by atoms with E-state index in [1.165, 1.54) is 6.07 Å². The number of alkyl carbamates (subject to hydrolysis) is 1. The smallest absolute Gasteiger partial charge is 0.407 e. The van der Waals surface area contributed by atoms with Gasteiger partial charge in [-0.15, -0.1) is 0 Å². The molecule has 4 rings (SSSR count). The molecule has 1 atom stereocenters. The zero-order chi connectivity index (χ0) is 22.8. The third-order valence-corrected chi connectivity index (χ3v) is 6.09. The highest BCUT2D eigenvalue weighted by Gasteiger charge is 2.30. The van der Waals surface area contributed by atoms with Crippen molar-refractivity contribution in [2.75, 3.05) is 6.61 Å². The molecule has 3 aromatic carbocycles. The Morgan fingerprint density at radius 2 is 1.59 bits per heavy atom. The molecule has 164 valence electrons. The molecule has 1 amide bonds. The van der Waals surface area contributed by atoms with Crippen LogP contribution in [0.15, 0.2) is 65.1 Å². The Balaban J connectivity index is 1.46. The van der Waals surface area contributed by atoms with E-state index in [1.54, 1.807) is 0 Å². The number of aliphatic carboxylic acids is 1. The highest BCUT2D eigenvalue weighted by Crippen LogP contribution is 2.44. The fourth-order valence-corrected chi connectivity index (χ4v) is 4.31. The first-order valence-electron chi connectivity index (χ1n) is 9.83. The van der Waals surface area contributed by atoms with Gasteiger partial charge in [0, 0.05) is 17.9 Å². The number of carboxylic acids is 1. The van der Waals surface area contributed by atoms with Gasteiger partial charge in [-0.3, -0.25) is 0 Å². The van der Waals surface area contributed by atoms with Crippen molar-refractivity contribution in [1.82, 2.24) is 5.32 Å². The molecule has 8 heteroatoms. The summed E-state index contributed by atoms with van der Waals surface area (Å²) in [5.41, 5.74) is 3.69. The normalized spacial score (nSPS) is 13.2. The average Bonchev–Trinajstić information content (AvgIpc) is 3.11. The SMILES string of the molecule is O=C(NC(Cc1c(F)ccc(Br)c1F)C(=O)O)OCC1c2ccccc2-c2ccccc21. The Morgan fingerprint density at radius 1 is 1.00 bits per heavy atom. The van der Waals surface area contributed by atoms with Gasteiger partial charge in [-0.05, 0) is 50.3 Å². The zero-order valence-electron chi connectivity index (χ0n) is 16.6. The topological polar surface area (TPSA) is 75.6 Å². The van der Waals surface area contributed by atoms with Gasteiger partial charge in [0.05, 0.1) is 4.47 Å². The summed E-state index contributed by atoms with van der Waals surface area (Å²) < 4.78 is 33.6. The van der Waals surface area contributed by atoms with E-state index in [4.69, 9.17) is 4.74 Å². The van der Waals surface area contributed by atoms with E-state index in [0.717, 1.165) is 28.3 Å². The summed E-state index contributed by atoms with van der Waals surface area (Å²) in [7, 11) is 0. The first kappa shape index (κ1) is 22.0. The fraction of sp³-hybridized carbons (Fsp3) is 0.167. The number of rotatable bonds is 6. The summed E-state index contributed by atoms with van der Waals surface area (Å²) in [6, 6.07) is 16.2. The molecule has 0 aliphatic heterocycles. The van der Waals surface area contributed by atoms with Gasteiger partial charge < -0.3 is 15.2 Å². The Bertz CT molecular complexity index is 1150. The van der Waals surface area contributed by atoms with Crippen molar-refractivity contribution >= 4 is 28.0 Å². The number of halogens is 3. The first-order chi connectivity index (χ1) is 15.4. The summed E-state index contributed by atoms with van der Waals surface area (Å²) in [6.45, 7) is -0.00813. The molecule has 5 nitrogen and oxygen atoms in total. The maximum atomic E-state index is 14.2. The van der Waals surface area contributed by atoms with Crippen molar-refractivity contribution in [3.63, 3.8) is 0 Å². The van der Waals surface area contributed by atoms with E-state index in [2.05, 4.69) is 21.2 Å². The second kappa shape index (κ2) is 9.08. The maximum absolute atomic E-state index is 14.2. The van der Waals surface area contributed by atoms with E-state index in [-0.39, 0.29) is 17.0 Å². The number of carboxylic acid groups (broad SMARTS) is 1. The number of hydrogen-bond acceptors (Lipinski definition) is 3. The van der Waals surface area contributed by atoms with Crippen LogP contribution in [0.25, 0.3) is 11.1 Å². The largest absolute Gasteiger partial charge is 0.480 e. The second-order valence-electron chi connectivity index (χ2n) is 7.39. The predicted octanol–water partition coefficient (Wildman–Crippen LogP) is 5.26. The molecule has 1 unspecified atom stereocenters. The third-order valence-electron chi connectivity index (χ3n) is 5.48. The highest BCUT2D eigenvalue weighted by molar-refractivity contribution is 9.10. The van der Waals surface area contributed by atoms with Crippen LogP contribution in [0.4, 0.5) is 13.6 Å². The van der Waals surface area contributed by atoms with Crippen molar-refractivity contribution in [1.29, 1.82) is 0 Å². The molecule has 0 saturated carbocycles. The molecule has 0 saturated heterocycles. The zero-order valence-corrected chi connectivity index (χ0v) is 18.2. The lowest BCUT2D eigenvalue weighted by Gasteiger charge is -2.18. The monoisotopic (exact) mass is 501 g/mol. The van der Waals surface area contributed by atoms with Gasteiger partial charge in [-0.1, -0.05) is 48.5 Å². The number of benzene rings is 3. The third kappa shape index (κ3) is 4.23. The van der Waals surface area contributed by atoms with Crippen molar-refractivity contribution in [2.24, 2.45) is 0 Å². The summed E-state index contributed by atoms with van der Waals surface area (Å²) in [4.78, 5) is 24.0. The molecule has 1 aliphatic rings. The van der Waals surface area contributed by atoms with Crippen LogP contribution in [0, 0.1) is 11.6 Å². The van der Waals surface area contributed by atoms with Crippen LogP contribution < -0.4 is 5.32 Å². The quantitative estimate of drug-likeness (QED) is 0.451. The number of fused-ring (bicyclic) bond motifs is 3. The molecule has 1 aliphatic carbocycles. The lowest BCUT2D eigenvalue weighted by Crippen LogP contribution is -2.43. The minimum absolute atomic E-state index is 0.000760. The van der Waals surface area contributed by atoms with Crippen molar-refractivity contribution in [3.05, 3.63) is 93.5 Å². The lowest BCUT2D eigenvalue weighted by atomic mass is 9.98. The van der Waals surface area contributed by atoms with E-state index in [9.17, 15) is 23.5 Å². The molecule has 32 heavy (non-hydrogen) atoms. The van der Waals surface area contributed by atoms with Crippen molar-refractivity contribution in [3.8, 4) is 11.1 Å². The fourth-order valence-electron chi connectivity index (χ4n) is 3.94. The van der Waals surface area contributed by atoms with Crippen molar-refractivity contribution < 1.29 is 28.2 Å². The second-order valence-corrected chi connectivity index (χ2v) is 8.24. The Hall–Kier alpha value is -3.26. The number of ether oxygens (including phenoxy) is 1. The number of amides is 1. The standard InChI is InChI=1S/C24H18BrF2NO4/c25-19-9-10-20(26)17(22(19)27)11-21(23(29)30)28-24(31)32-12-18-15-7-3-1-5-13(15)14-6-2-4-8-16(14)18/h1-10,18,21H,11-12H2,(H,28,31)(H,29,30). The van der Waals surface area contributed by atoms with E-state index >= 15 is 0 Å². The summed E-state index contributed by atoms with van der Waals surface area (Å²) in [5.74, 6) is -3.44. The van der Waals surface area contributed by atoms with E-state index in [0.29, 0.717) is 0 Å². The molecule has 3 aromatic rings. The van der Waals surface area contributed by atoms with E-state index < -0.39 is 41.7 Å². The van der Waals surface area contributed by atoms with Crippen LogP contribution in [0.2, 0.25) is 0 Å². The van der Waals surface area contributed by atoms with Gasteiger partial charge in [0.15, 0.2) is 0 Å². The molecule has 0 heterocycles. The van der Waals surface area contributed by atoms with Gasteiger partial charge in [-0.2, -0.15) is 0 Å². The predicted molar refractivity (Wildman–Crippen MR) is 117 cm³/mol. The average molecular weight is 502 g/mol. The molecule has 2 N–H and O–H groups in total. The Kier molecular flexibility index (Phi) is 6.23. The molecule has 0 bridgehead atoms. The first-order valence-corrected chi connectivity index (χ1v) is 10.6. The molecule has 0 fully saturated rings. The summed E-state index contributed by atoms with van der Waals surface area (Å²) in [5, 5.41) is 11.6. The van der Waals surface area contributed by atoms with Crippen LogP contribution in [0.3, 0.4) is 0 Å². The van der Waals surface area contributed by atoms with Crippen LogP contribution in [0.1, 0.15) is 22.6 Å². The van der Waals surface area contributed by atoms with Crippen LogP contribution in [-0.2, 0) is 16.0 Å². The number of carbonyl (C=O) groups is 2. The van der Waals surface area contributed by atoms with Gasteiger partial charge >= 0.3 is 12.1 Å². The summed E-state index contributed by atoms with van der Waals surface area (Å²) >= 11 is 2.95. The Morgan fingerprint density at radius 3 is 2.19 bits per heavy atom. The van der Waals surface area contributed by atoms with Gasteiger partial charge in [0.1, 0.15) is 24.3 Å². The lowest BCUT2D eigenvalue weighted by molar-refractivity contribution is -0.139. The van der Waals surface area contributed by atoms with Crippen LogP contribution in [-0.4, -0.2) is 29.8 Å². The highest BCUT2D eigenvalue weighted by atomic mass is 79.9. The minimum atomic E-state index is -1.57. The molecule has 0 radical (unpaired) electrons. The van der Waals surface area contributed by atoms with Crippen LogP contribution >= 0.6 is 15.9 Å². The van der Waals surface area contributed by atoms with Gasteiger partial charge in [0.2, 0.25) is 0 Å². The Labute approximate surface area is 191 Å². The molecular weight excluding hydrogens is 484 g/mol. The molecule has 0 aromatic heterocycles. The number of nitrogens with one attached hydrogen (secondary N) is 1. The summed E-state index contributed by atoms with van der Waals surface area (Å²) in [6.07, 6.45) is -1.55. The molecular formula is C24H18BrF2NO4. The van der Waals surface area contributed by atoms with Crippen molar-refractivity contribution in [2.45, 2.75) is 18.4 Å². The number of hydrogen-bond donors (Lipinski definition) is 2. The van der Waals surface area contributed by atoms with E-state index in [1.807, 2.05) is 48.5 Å². The number of carbonyl (C=O) groups excluding carboxylic acids is 1. The van der Waals surface area contributed by atoms with Gasteiger partial charge in [-0.25, -0.2) is 18.4 Å². The maximum Gasteiger partial charge on any atom is 0.407 e. The minimum Gasteiger partial charge on any atom is -0.480 e. The van der Waals surface area contributed by atoms with Crippen LogP contribution in [0.5, 0.6) is 0 Å².